The topological polar surface area (TPSA) is 99.1 Å². The zero-order valence-corrected chi connectivity index (χ0v) is 19.2. The van der Waals surface area contributed by atoms with Crippen LogP contribution in [0.2, 0.25) is 0 Å². The Morgan fingerprint density at radius 1 is 1.12 bits per heavy atom. The van der Waals surface area contributed by atoms with E-state index in [2.05, 4.69) is 30.8 Å². The molecule has 1 unspecified atom stereocenters. The zero-order chi connectivity index (χ0) is 24.4. The second kappa shape index (κ2) is 9.34. The highest BCUT2D eigenvalue weighted by Crippen LogP contribution is 2.31. The molecule has 3 heterocycles. The van der Waals surface area contributed by atoms with Crippen LogP contribution in [0.5, 0.6) is 0 Å². The van der Waals surface area contributed by atoms with E-state index in [1.54, 1.807) is 24.9 Å². The molecule has 0 saturated carbocycles. The third kappa shape index (κ3) is 5.98. The average molecular weight is 464 g/mol. The van der Waals surface area contributed by atoms with Gasteiger partial charge in [-0.1, -0.05) is 6.08 Å². The number of nitrogens with zero attached hydrogens (tertiary/aromatic N) is 5. The number of allylic oxidation sites excluding steroid dienone is 2. The minimum Gasteiger partial charge on any atom is -0.384 e. The number of anilines is 3. The summed E-state index contributed by atoms with van der Waals surface area (Å²) in [6.07, 6.45) is 2.29. The van der Waals surface area contributed by atoms with Crippen LogP contribution in [0, 0.1) is 13.8 Å². The van der Waals surface area contributed by atoms with Crippen molar-refractivity contribution in [3.63, 3.8) is 0 Å². The van der Waals surface area contributed by atoms with E-state index in [1.807, 2.05) is 20.8 Å². The summed E-state index contributed by atoms with van der Waals surface area (Å²) in [6, 6.07) is -0.0237. The van der Waals surface area contributed by atoms with Crippen molar-refractivity contribution in [1.82, 2.24) is 20.2 Å². The van der Waals surface area contributed by atoms with Crippen LogP contribution in [-0.4, -0.2) is 50.6 Å². The summed E-state index contributed by atoms with van der Waals surface area (Å²) in [5, 5.41) is 24.9. The van der Waals surface area contributed by atoms with Crippen molar-refractivity contribution >= 4 is 17.5 Å². The molecule has 0 amide bonds. The third-order valence-corrected chi connectivity index (χ3v) is 5.29. The van der Waals surface area contributed by atoms with E-state index in [0.29, 0.717) is 29.7 Å². The first-order valence-corrected chi connectivity index (χ1v) is 10.5. The van der Waals surface area contributed by atoms with E-state index in [4.69, 9.17) is 0 Å². The molecular weight excluding hydrogens is 435 g/mol. The summed E-state index contributed by atoms with van der Waals surface area (Å²) in [5.41, 5.74) is 0.448. The zero-order valence-electron chi connectivity index (χ0n) is 19.2. The largest absolute Gasteiger partial charge is 0.416 e. The number of rotatable bonds is 7. The molecule has 3 N–H and O–H groups in total. The van der Waals surface area contributed by atoms with Gasteiger partial charge in [0.15, 0.2) is 11.6 Å². The first-order chi connectivity index (χ1) is 15.4. The molecule has 33 heavy (non-hydrogen) atoms. The molecule has 1 aliphatic rings. The van der Waals surface area contributed by atoms with Crippen molar-refractivity contribution in [2.24, 2.45) is 0 Å². The average Bonchev–Trinajstić information content (AvgIpc) is 2.74. The Balaban J connectivity index is 1.61. The monoisotopic (exact) mass is 463 g/mol. The standard InChI is InChI=1S/C22H28F3N7O/c1-13(29-18-12-26-17(11-27-18)21(4,5)33)10-28-19-14(2)15(3)20(31-30-19)32-8-6-16(7-9-32)22(23,24)25/h6-8,11-13,33H,9-10H2,1-5H3,(H,27,29)(H,28,30). The number of aliphatic hydroxyl groups is 1. The summed E-state index contributed by atoms with van der Waals surface area (Å²) in [5.74, 6) is 1.69. The molecule has 2 aromatic rings. The summed E-state index contributed by atoms with van der Waals surface area (Å²) >= 11 is 0. The molecule has 0 bridgehead atoms. The molecule has 8 nitrogen and oxygen atoms in total. The molecule has 0 aliphatic carbocycles. The molecular formula is C22H28F3N7O. The second-order valence-electron chi connectivity index (χ2n) is 8.52. The molecule has 1 aliphatic heterocycles. The van der Waals surface area contributed by atoms with Crippen molar-refractivity contribution in [2.45, 2.75) is 52.4 Å². The molecule has 0 saturated heterocycles. The van der Waals surface area contributed by atoms with E-state index in [1.165, 1.54) is 12.4 Å². The molecule has 0 aromatic carbocycles. The van der Waals surface area contributed by atoms with E-state index < -0.39 is 17.4 Å². The molecule has 11 heteroatoms. The fourth-order valence-corrected chi connectivity index (χ4v) is 3.17. The predicted molar refractivity (Wildman–Crippen MR) is 121 cm³/mol. The third-order valence-electron chi connectivity index (χ3n) is 5.29. The summed E-state index contributed by atoms with van der Waals surface area (Å²) < 4.78 is 38.5. The fourth-order valence-electron chi connectivity index (χ4n) is 3.17. The second-order valence-corrected chi connectivity index (χ2v) is 8.52. The minimum absolute atomic E-state index is 0.0237. The lowest BCUT2D eigenvalue weighted by molar-refractivity contribution is -0.0885. The van der Waals surface area contributed by atoms with Crippen molar-refractivity contribution < 1.29 is 18.3 Å². The Hall–Kier alpha value is -3.21. The Kier molecular flexibility index (Phi) is 6.92. The van der Waals surface area contributed by atoms with Gasteiger partial charge in [0.05, 0.1) is 23.7 Å². The van der Waals surface area contributed by atoms with Crippen LogP contribution in [0.3, 0.4) is 0 Å². The first-order valence-electron chi connectivity index (χ1n) is 10.5. The highest BCUT2D eigenvalue weighted by Gasteiger charge is 2.33. The number of halogens is 3. The number of alkyl halides is 3. The summed E-state index contributed by atoms with van der Waals surface area (Å²) in [6.45, 7) is 9.59. The van der Waals surface area contributed by atoms with Crippen molar-refractivity contribution in [3.05, 3.63) is 53.1 Å². The minimum atomic E-state index is -4.36. The fraction of sp³-hybridized carbons (Fsp3) is 0.455. The SMILES string of the molecule is Cc1c(NCC(C)Nc2cnc(C(C)(C)O)cn2)nnc(N2C=CC(C(F)(F)F)=CC2)c1C. The van der Waals surface area contributed by atoms with Crippen molar-refractivity contribution in [2.75, 3.05) is 28.6 Å². The van der Waals surface area contributed by atoms with Crippen LogP contribution in [0.25, 0.3) is 0 Å². The van der Waals surface area contributed by atoms with Gasteiger partial charge in [0.25, 0.3) is 0 Å². The molecule has 3 rings (SSSR count). The number of hydrogen-bond acceptors (Lipinski definition) is 8. The van der Waals surface area contributed by atoms with Crippen LogP contribution < -0.4 is 15.5 Å². The van der Waals surface area contributed by atoms with Gasteiger partial charge in [-0.15, -0.1) is 10.2 Å². The Morgan fingerprint density at radius 3 is 2.39 bits per heavy atom. The normalized spacial score (nSPS) is 15.3. The van der Waals surface area contributed by atoms with Gasteiger partial charge >= 0.3 is 6.18 Å². The maximum atomic E-state index is 12.8. The number of hydrogen-bond donors (Lipinski definition) is 3. The van der Waals surface area contributed by atoms with Crippen molar-refractivity contribution in [3.8, 4) is 0 Å². The smallest absolute Gasteiger partial charge is 0.384 e. The molecule has 0 radical (unpaired) electrons. The van der Waals surface area contributed by atoms with Crippen LogP contribution in [-0.2, 0) is 5.60 Å². The Bertz CT molecular complexity index is 1040. The molecule has 0 fully saturated rings. The molecule has 2 aromatic heterocycles. The van der Waals surface area contributed by atoms with E-state index >= 15 is 0 Å². The first kappa shape index (κ1) is 24.4. The lowest BCUT2D eigenvalue weighted by Crippen LogP contribution is -2.27. The summed E-state index contributed by atoms with van der Waals surface area (Å²) in [4.78, 5) is 10.1. The van der Waals surface area contributed by atoms with Gasteiger partial charge < -0.3 is 20.6 Å². The van der Waals surface area contributed by atoms with Crippen molar-refractivity contribution in [1.29, 1.82) is 0 Å². The molecule has 0 spiro atoms. The lowest BCUT2D eigenvalue weighted by atomic mass is 10.1. The quantitative estimate of drug-likeness (QED) is 0.570. The summed E-state index contributed by atoms with van der Waals surface area (Å²) in [7, 11) is 0. The maximum Gasteiger partial charge on any atom is 0.416 e. The van der Waals surface area contributed by atoms with Gasteiger partial charge in [0.2, 0.25) is 0 Å². The van der Waals surface area contributed by atoms with Gasteiger partial charge in [0, 0.05) is 30.9 Å². The van der Waals surface area contributed by atoms with Gasteiger partial charge in [-0.2, -0.15) is 13.2 Å². The van der Waals surface area contributed by atoms with Crippen LogP contribution in [0.4, 0.5) is 30.6 Å². The Morgan fingerprint density at radius 2 is 1.85 bits per heavy atom. The molecule has 1 atom stereocenters. The molecule has 178 valence electrons. The van der Waals surface area contributed by atoms with Crippen LogP contribution in [0.1, 0.15) is 37.6 Å². The highest BCUT2D eigenvalue weighted by molar-refractivity contribution is 5.59. The number of aromatic nitrogens is 4. The van der Waals surface area contributed by atoms with Gasteiger partial charge in [0.1, 0.15) is 11.4 Å². The highest BCUT2D eigenvalue weighted by atomic mass is 19.4. The van der Waals surface area contributed by atoms with Crippen LogP contribution in [0.15, 0.2) is 36.3 Å². The van der Waals surface area contributed by atoms with Gasteiger partial charge in [-0.3, -0.25) is 4.98 Å². The predicted octanol–water partition coefficient (Wildman–Crippen LogP) is 3.85. The van der Waals surface area contributed by atoms with E-state index in [9.17, 15) is 18.3 Å². The van der Waals surface area contributed by atoms with E-state index in [-0.39, 0.29) is 12.6 Å². The number of nitrogens with one attached hydrogen (secondary N) is 2. The van der Waals surface area contributed by atoms with E-state index in [0.717, 1.165) is 23.3 Å². The lowest BCUT2D eigenvalue weighted by Gasteiger charge is -2.25. The van der Waals surface area contributed by atoms with Crippen LogP contribution >= 0.6 is 0 Å². The maximum absolute atomic E-state index is 12.8. The Labute approximate surface area is 190 Å². The van der Waals surface area contributed by atoms with Gasteiger partial charge in [-0.25, -0.2) is 4.98 Å². The van der Waals surface area contributed by atoms with Gasteiger partial charge in [-0.05, 0) is 46.3 Å².